The van der Waals surface area contributed by atoms with Crippen molar-refractivity contribution in [2.45, 2.75) is 40.0 Å². The Labute approximate surface area is 200 Å². The molecule has 2 heterocycles. The van der Waals surface area contributed by atoms with E-state index in [-0.39, 0.29) is 17.9 Å². The lowest BCUT2D eigenvalue weighted by atomic mass is 9.87. The van der Waals surface area contributed by atoms with Crippen LogP contribution in [0.2, 0.25) is 0 Å². The minimum absolute atomic E-state index is 0.114. The summed E-state index contributed by atoms with van der Waals surface area (Å²) in [5.74, 6) is 0.231. The summed E-state index contributed by atoms with van der Waals surface area (Å²) in [4.78, 5) is 16.6. The van der Waals surface area contributed by atoms with Gasteiger partial charge in [-0.25, -0.2) is 5.43 Å². The fourth-order valence-corrected chi connectivity index (χ4v) is 3.97. The quantitative estimate of drug-likeness (QED) is 0.310. The maximum atomic E-state index is 12.3. The smallest absolute Gasteiger partial charge is 0.277 e. The highest BCUT2D eigenvalue weighted by Crippen LogP contribution is 2.26. The van der Waals surface area contributed by atoms with Crippen molar-refractivity contribution >= 4 is 23.0 Å². The van der Waals surface area contributed by atoms with E-state index in [1.807, 2.05) is 31.2 Å². The number of pyridine rings is 1. The SMILES string of the molecule is Cc1cc(/C=N\NC(=O)COc2cccc3cccnc23)c(C)n1-c1ccc(C(C)(C)C)cc1. The van der Waals surface area contributed by atoms with Crippen molar-refractivity contribution in [3.63, 3.8) is 0 Å². The molecule has 2 aromatic heterocycles. The monoisotopic (exact) mass is 454 g/mol. The predicted molar refractivity (Wildman–Crippen MR) is 137 cm³/mol. The van der Waals surface area contributed by atoms with Crippen LogP contribution in [0, 0.1) is 13.8 Å². The molecule has 0 radical (unpaired) electrons. The van der Waals surface area contributed by atoms with E-state index in [1.54, 1.807) is 18.5 Å². The second-order valence-electron chi connectivity index (χ2n) is 9.37. The highest BCUT2D eigenvalue weighted by Gasteiger charge is 2.15. The summed E-state index contributed by atoms with van der Waals surface area (Å²) in [6.07, 6.45) is 3.37. The van der Waals surface area contributed by atoms with Gasteiger partial charge in [-0.1, -0.05) is 51.1 Å². The number of nitrogens with one attached hydrogen (secondary N) is 1. The van der Waals surface area contributed by atoms with Crippen molar-refractivity contribution in [2.24, 2.45) is 5.10 Å². The fourth-order valence-electron chi connectivity index (χ4n) is 3.97. The number of aryl methyl sites for hydroxylation is 1. The minimum Gasteiger partial charge on any atom is -0.481 e. The second-order valence-corrected chi connectivity index (χ2v) is 9.37. The predicted octanol–water partition coefficient (Wildman–Crippen LogP) is 5.47. The number of amides is 1. The highest BCUT2D eigenvalue weighted by molar-refractivity contribution is 5.86. The van der Waals surface area contributed by atoms with Crippen LogP contribution in [0.5, 0.6) is 5.75 Å². The third-order valence-electron chi connectivity index (χ3n) is 5.81. The molecule has 0 atom stereocenters. The number of carbonyl (C=O) groups is 1. The van der Waals surface area contributed by atoms with E-state index in [1.165, 1.54) is 5.56 Å². The molecule has 2 aromatic carbocycles. The van der Waals surface area contributed by atoms with Gasteiger partial charge in [0.25, 0.3) is 5.91 Å². The van der Waals surface area contributed by atoms with E-state index in [9.17, 15) is 4.79 Å². The molecule has 0 aliphatic heterocycles. The zero-order chi connectivity index (χ0) is 24.3. The first-order valence-electron chi connectivity index (χ1n) is 11.3. The molecule has 0 saturated carbocycles. The number of hydrogen-bond acceptors (Lipinski definition) is 4. The van der Waals surface area contributed by atoms with Crippen molar-refractivity contribution in [1.82, 2.24) is 15.0 Å². The van der Waals surface area contributed by atoms with Gasteiger partial charge in [0, 0.05) is 34.2 Å². The molecule has 4 rings (SSSR count). The van der Waals surface area contributed by atoms with Crippen LogP contribution in [0.3, 0.4) is 0 Å². The molecule has 0 aliphatic rings. The molecule has 174 valence electrons. The minimum atomic E-state index is -0.337. The molecular formula is C28H30N4O2. The lowest BCUT2D eigenvalue weighted by Crippen LogP contribution is -2.24. The fraction of sp³-hybridized carbons (Fsp3) is 0.250. The first-order valence-corrected chi connectivity index (χ1v) is 11.3. The van der Waals surface area contributed by atoms with E-state index < -0.39 is 0 Å². The van der Waals surface area contributed by atoms with Crippen LogP contribution in [-0.2, 0) is 10.2 Å². The van der Waals surface area contributed by atoms with E-state index in [4.69, 9.17) is 4.74 Å². The first-order chi connectivity index (χ1) is 16.2. The van der Waals surface area contributed by atoms with Crippen LogP contribution in [0.25, 0.3) is 16.6 Å². The molecular weight excluding hydrogens is 424 g/mol. The highest BCUT2D eigenvalue weighted by atomic mass is 16.5. The van der Waals surface area contributed by atoms with Crippen molar-refractivity contribution in [3.05, 3.63) is 89.4 Å². The van der Waals surface area contributed by atoms with E-state index in [2.05, 4.69) is 78.1 Å². The van der Waals surface area contributed by atoms with Crippen molar-refractivity contribution in [3.8, 4) is 11.4 Å². The first kappa shape index (κ1) is 23.2. The average Bonchev–Trinajstić information content (AvgIpc) is 3.10. The number of para-hydroxylation sites is 1. The summed E-state index contributed by atoms with van der Waals surface area (Å²) < 4.78 is 7.86. The van der Waals surface area contributed by atoms with E-state index >= 15 is 0 Å². The van der Waals surface area contributed by atoms with E-state index in [0.29, 0.717) is 5.75 Å². The molecule has 6 nitrogen and oxygen atoms in total. The van der Waals surface area contributed by atoms with Crippen molar-refractivity contribution < 1.29 is 9.53 Å². The summed E-state index contributed by atoms with van der Waals surface area (Å²) in [5.41, 5.74) is 8.87. The standard InChI is InChI=1S/C28H30N4O2/c1-19-16-22(20(2)32(19)24-13-11-23(12-14-24)28(3,4)5)17-30-31-26(33)18-34-25-10-6-8-21-9-7-15-29-27(21)25/h6-17H,18H2,1-5H3,(H,31,33)/b30-17-. The summed E-state index contributed by atoms with van der Waals surface area (Å²) in [5, 5.41) is 5.10. The molecule has 6 heteroatoms. The van der Waals surface area contributed by atoms with Crippen LogP contribution >= 0.6 is 0 Å². The van der Waals surface area contributed by atoms with Gasteiger partial charge >= 0.3 is 0 Å². The zero-order valence-electron chi connectivity index (χ0n) is 20.3. The molecule has 34 heavy (non-hydrogen) atoms. The topological polar surface area (TPSA) is 68.5 Å². The molecule has 1 amide bonds. The molecule has 0 bridgehead atoms. The zero-order valence-corrected chi connectivity index (χ0v) is 20.3. The Kier molecular flexibility index (Phi) is 6.50. The number of hydrogen-bond donors (Lipinski definition) is 1. The largest absolute Gasteiger partial charge is 0.481 e. The Hall–Kier alpha value is -3.93. The summed E-state index contributed by atoms with van der Waals surface area (Å²) >= 11 is 0. The second kappa shape index (κ2) is 9.51. The summed E-state index contributed by atoms with van der Waals surface area (Å²) in [6.45, 7) is 10.6. The maximum absolute atomic E-state index is 12.3. The summed E-state index contributed by atoms with van der Waals surface area (Å²) in [7, 11) is 0. The molecule has 0 aliphatic carbocycles. The Morgan fingerprint density at radius 1 is 1.09 bits per heavy atom. The molecule has 0 saturated heterocycles. The van der Waals surface area contributed by atoms with Crippen molar-refractivity contribution in [1.29, 1.82) is 0 Å². The van der Waals surface area contributed by atoms with Gasteiger partial charge in [-0.05, 0) is 55.2 Å². The Morgan fingerprint density at radius 3 is 2.56 bits per heavy atom. The number of carbonyl (C=O) groups excluding carboxylic acids is 1. The molecule has 0 fully saturated rings. The average molecular weight is 455 g/mol. The Bertz CT molecular complexity index is 1340. The maximum Gasteiger partial charge on any atom is 0.277 e. The van der Waals surface area contributed by atoms with Crippen LogP contribution in [-0.4, -0.2) is 28.3 Å². The van der Waals surface area contributed by atoms with Crippen LogP contribution in [0.4, 0.5) is 0 Å². The number of ether oxygens (including phenoxy) is 1. The third kappa shape index (κ3) is 5.01. The lowest BCUT2D eigenvalue weighted by Gasteiger charge is -2.20. The normalized spacial score (nSPS) is 11.8. The van der Waals surface area contributed by atoms with Gasteiger partial charge < -0.3 is 9.30 Å². The van der Waals surface area contributed by atoms with Crippen molar-refractivity contribution in [2.75, 3.05) is 6.61 Å². The molecule has 0 unspecified atom stereocenters. The third-order valence-corrected chi connectivity index (χ3v) is 5.81. The number of rotatable bonds is 6. The van der Waals surface area contributed by atoms with Gasteiger partial charge in [-0.3, -0.25) is 9.78 Å². The number of fused-ring (bicyclic) bond motifs is 1. The van der Waals surface area contributed by atoms with Gasteiger partial charge in [0.05, 0.1) is 6.21 Å². The van der Waals surface area contributed by atoms with Gasteiger partial charge in [0.15, 0.2) is 6.61 Å². The Balaban J connectivity index is 1.41. The van der Waals surface area contributed by atoms with Gasteiger partial charge in [0.1, 0.15) is 11.3 Å². The van der Waals surface area contributed by atoms with Gasteiger partial charge in [0.2, 0.25) is 0 Å². The van der Waals surface area contributed by atoms with Gasteiger partial charge in [-0.2, -0.15) is 5.10 Å². The van der Waals surface area contributed by atoms with Gasteiger partial charge in [-0.15, -0.1) is 0 Å². The number of benzene rings is 2. The number of hydrazone groups is 1. The van der Waals surface area contributed by atoms with Crippen LogP contribution in [0.1, 0.15) is 43.3 Å². The van der Waals surface area contributed by atoms with E-state index in [0.717, 1.165) is 33.5 Å². The molecule has 4 aromatic rings. The summed E-state index contributed by atoms with van der Waals surface area (Å²) in [6, 6.07) is 20.1. The number of aromatic nitrogens is 2. The Morgan fingerprint density at radius 2 is 1.82 bits per heavy atom. The van der Waals surface area contributed by atoms with Crippen LogP contribution in [0.15, 0.2) is 72.0 Å². The molecule has 0 spiro atoms. The van der Waals surface area contributed by atoms with Crippen LogP contribution < -0.4 is 10.2 Å². The lowest BCUT2D eigenvalue weighted by molar-refractivity contribution is -0.123. The molecule has 1 N–H and O–H groups in total. The number of nitrogens with zero attached hydrogens (tertiary/aromatic N) is 3.